The highest BCUT2D eigenvalue weighted by Crippen LogP contribution is 2.21. The number of imidazole rings is 1. The zero-order chi connectivity index (χ0) is 14.4. The summed E-state index contributed by atoms with van der Waals surface area (Å²) in [7, 11) is 1.88. The summed E-state index contributed by atoms with van der Waals surface area (Å²) in [6.07, 6.45) is 1.93. The molecular formula is C14H15N5O. The number of rotatable bonds is 2. The second-order valence-electron chi connectivity index (χ2n) is 4.84. The van der Waals surface area contributed by atoms with Crippen LogP contribution in [-0.2, 0) is 7.05 Å². The first-order chi connectivity index (χ1) is 9.47. The van der Waals surface area contributed by atoms with Crippen LogP contribution < -0.4 is 5.73 Å². The van der Waals surface area contributed by atoms with E-state index in [4.69, 9.17) is 5.73 Å². The van der Waals surface area contributed by atoms with E-state index in [1.807, 2.05) is 38.4 Å². The van der Waals surface area contributed by atoms with E-state index in [1.54, 1.807) is 16.2 Å². The van der Waals surface area contributed by atoms with Gasteiger partial charge in [0.25, 0.3) is 5.91 Å². The van der Waals surface area contributed by atoms with Gasteiger partial charge in [-0.15, -0.1) is 0 Å². The number of carbonyl (C=O) groups is 1. The number of nitrogens with two attached hydrogens (primary N) is 1. The molecule has 0 aliphatic heterocycles. The number of carbonyl (C=O) groups excluding carboxylic acids is 1. The van der Waals surface area contributed by atoms with Gasteiger partial charge in [-0.1, -0.05) is 0 Å². The largest absolute Gasteiger partial charge is 0.364 e. The van der Waals surface area contributed by atoms with Crippen molar-refractivity contribution >= 4 is 16.8 Å². The standard InChI is InChI=1S/C14H15N5O/c1-8-13(14(15)20)19(9(2)16-8)11-4-5-12-10(6-11)7-18(3)17-12/h4-7H,1-3H3,(H2,15,20). The van der Waals surface area contributed by atoms with E-state index in [0.717, 1.165) is 22.4 Å². The maximum Gasteiger partial charge on any atom is 0.267 e. The van der Waals surface area contributed by atoms with E-state index < -0.39 is 5.91 Å². The molecule has 0 saturated carbocycles. The smallest absolute Gasteiger partial charge is 0.267 e. The van der Waals surface area contributed by atoms with Crippen LogP contribution in [0.15, 0.2) is 24.4 Å². The van der Waals surface area contributed by atoms with Crippen LogP contribution >= 0.6 is 0 Å². The van der Waals surface area contributed by atoms with Gasteiger partial charge in [0, 0.05) is 24.3 Å². The highest BCUT2D eigenvalue weighted by Gasteiger charge is 2.18. The minimum absolute atomic E-state index is 0.422. The fourth-order valence-electron chi connectivity index (χ4n) is 2.55. The summed E-state index contributed by atoms with van der Waals surface area (Å²) in [6.45, 7) is 3.64. The van der Waals surface area contributed by atoms with Gasteiger partial charge in [0.1, 0.15) is 11.5 Å². The van der Waals surface area contributed by atoms with Gasteiger partial charge in [0.05, 0.1) is 11.2 Å². The van der Waals surface area contributed by atoms with Crippen molar-refractivity contribution in [2.75, 3.05) is 0 Å². The molecule has 20 heavy (non-hydrogen) atoms. The Balaban J connectivity index is 2.27. The Hall–Kier alpha value is -2.63. The molecule has 0 aliphatic rings. The highest BCUT2D eigenvalue weighted by atomic mass is 16.1. The molecule has 0 radical (unpaired) electrons. The van der Waals surface area contributed by atoms with Crippen LogP contribution in [0, 0.1) is 13.8 Å². The van der Waals surface area contributed by atoms with Gasteiger partial charge >= 0.3 is 0 Å². The molecule has 2 N–H and O–H groups in total. The molecule has 2 aromatic heterocycles. The minimum Gasteiger partial charge on any atom is -0.364 e. The molecule has 1 aromatic carbocycles. The van der Waals surface area contributed by atoms with Crippen molar-refractivity contribution in [3.8, 4) is 5.69 Å². The Bertz CT molecular complexity index is 828. The Morgan fingerprint density at radius 1 is 1.30 bits per heavy atom. The molecule has 1 amide bonds. The van der Waals surface area contributed by atoms with Gasteiger partial charge in [-0.05, 0) is 32.0 Å². The number of primary amides is 1. The third-order valence-corrected chi connectivity index (χ3v) is 3.31. The fourth-order valence-corrected chi connectivity index (χ4v) is 2.55. The van der Waals surface area contributed by atoms with Crippen molar-refractivity contribution in [1.29, 1.82) is 0 Å². The molecule has 102 valence electrons. The quantitative estimate of drug-likeness (QED) is 0.765. The lowest BCUT2D eigenvalue weighted by atomic mass is 10.2. The molecule has 0 aliphatic carbocycles. The van der Waals surface area contributed by atoms with Crippen molar-refractivity contribution in [2.24, 2.45) is 12.8 Å². The number of nitrogens with zero attached hydrogens (tertiary/aromatic N) is 4. The minimum atomic E-state index is -0.477. The third-order valence-electron chi connectivity index (χ3n) is 3.31. The predicted molar refractivity (Wildman–Crippen MR) is 75.8 cm³/mol. The molecule has 6 nitrogen and oxygen atoms in total. The summed E-state index contributed by atoms with van der Waals surface area (Å²) in [5, 5.41) is 5.34. The maximum absolute atomic E-state index is 11.6. The second-order valence-corrected chi connectivity index (χ2v) is 4.84. The van der Waals surface area contributed by atoms with Gasteiger partial charge in [-0.3, -0.25) is 14.0 Å². The average Bonchev–Trinajstić information content (AvgIpc) is 2.86. The Morgan fingerprint density at radius 2 is 2.05 bits per heavy atom. The van der Waals surface area contributed by atoms with Crippen LogP contribution in [0.1, 0.15) is 22.0 Å². The first-order valence-corrected chi connectivity index (χ1v) is 6.27. The monoisotopic (exact) mass is 269 g/mol. The number of fused-ring (bicyclic) bond motifs is 1. The molecule has 0 saturated heterocycles. The van der Waals surface area contributed by atoms with Crippen molar-refractivity contribution in [3.63, 3.8) is 0 Å². The molecule has 0 spiro atoms. The van der Waals surface area contributed by atoms with Crippen LogP contribution in [0.2, 0.25) is 0 Å². The summed E-state index contributed by atoms with van der Waals surface area (Å²) >= 11 is 0. The van der Waals surface area contributed by atoms with Crippen LogP contribution in [0.5, 0.6) is 0 Å². The lowest BCUT2D eigenvalue weighted by Crippen LogP contribution is -2.17. The van der Waals surface area contributed by atoms with E-state index in [0.29, 0.717) is 11.4 Å². The highest BCUT2D eigenvalue weighted by molar-refractivity contribution is 5.93. The van der Waals surface area contributed by atoms with Crippen LogP contribution in [0.3, 0.4) is 0 Å². The lowest BCUT2D eigenvalue weighted by molar-refractivity contribution is 0.0993. The molecule has 0 atom stereocenters. The zero-order valence-corrected chi connectivity index (χ0v) is 11.6. The summed E-state index contributed by atoms with van der Waals surface area (Å²) in [6, 6.07) is 5.81. The van der Waals surface area contributed by atoms with E-state index in [1.165, 1.54) is 0 Å². The number of benzene rings is 1. The summed E-state index contributed by atoms with van der Waals surface area (Å²) in [5.41, 5.74) is 8.30. The Kier molecular flexibility index (Phi) is 2.60. The van der Waals surface area contributed by atoms with E-state index in [9.17, 15) is 4.79 Å². The topological polar surface area (TPSA) is 78.7 Å². The zero-order valence-electron chi connectivity index (χ0n) is 11.6. The summed E-state index contributed by atoms with van der Waals surface area (Å²) in [4.78, 5) is 16.0. The lowest BCUT2D eigenvalue weighted by Gasteiger charge is -2.08. The molecule has 2 heterocycles. The molecular weight excluding hydrogens is 254 g/mol. The maximum atomic E-state index is 11.6. The van der Waals surface area contributed by atoms with Crippen LogP contribution in [-0.4, -0.2) is 25.2 Å². The van der Waals surface area contributed by atoms with Crippen molar-refractivity contribution < 1.29 is 4.79 Å². The number of aryl methyl sites for hydroxylation is 3. The molecule has 6 heteroatoms. The van der Waals surface area contributed by atoms with Crippen molar-refractivity contribution in [2.45, 2.75) is 13.8 Å². The average molecular weight is 269 g/mol. The van der Waals surface area contributed by atoms with Crippen LogP contribution in [0.25, 0.3) is 16.6 Å². The van der Waals surface area contributed by atoms with Crippen LogP contribution in [0.4, 0.5) is 0 Å². The van der Waals surface area contributed by atoms with E-state index >= 15 is 0 Å². The van der Waals surface area contributed by atoms with Gasteiger partial charge in [0.2, 0.25) is 0 Å². The van der Waals surface area contributed by atoms with Crippen molar-refractivity contribution in [3.05, 3.63) is 41.6 Å². The second kappa shape index (κ2) is 4.19. The molecule has 3 aromatic rings. The molecule has 0 unspecified atom stereocenters. The summed E-state index contributed by atoms with van der Waals surface area (Å²) < 4.78 is 3.54. The number of aromatic nitrogens is 4. The van der Waals surface area contributed by atoms with Gasteiger partial charge < -0.3 is 5.73 Å². The Morgan fingerprint density at radius 3 is 2.75 bits per heavy atom. The molecule has 3 rings (SSSR count). The van der Waals surface area contributed by atoms with Gasteiger partial charge in [0.15, 0.2) is 0 Å². The first kappa shape index (κ1) is 12.4. The Labute approximate surface area is 115 Å². The molecule has 0 fully saturated rings. The predicted octanol–water partition coefficient (Wildman–Crippen LogP) is 1.47. The summed E-state index contributed by atoms with van der Waals surface area (Å²) in [5.74, 6) is 0.258. The van der Waals surface area contributed by atoms with Gasteiger partial charge in [-0.25, -0.2) is 4.98 Å². The van der Waals surface area contributed by atoms with Gasteiger partial charge in [-0.2, -0.15) is 5.10 Å². The molecule has 0 bridgehead atoms. The fraction of sp³-hybridized carbons (Fsp3) is 0.214. The van der Waals surface area contributed by atoms with E-state index in [-0.39, 0.29) is 0 Å². The normalized spacial score (nSPS) is 11.2. The van der Waals surface area contributed by atoms with Crippen molar-refractivity contribution in [1.82, 2.24) is 19.3 Å². The SMILES string of the molecule is Cc1nc(C)n(-c2ccc3nn(C)cc3c2)c1C(N)=O. The number of amides is 1. The number of hydrogen-bond acceptors (Lipinski definition) is 3. The van der Waals surface area contributed by atoms with E-state index in [2.05, 4.69) is 10.1 Å². The third kappa shape index (κ3) is 1.77. The first-order valence-electron chi connectivity index (χ1n) is 6.27. The number of hydrogen-bond donors (Lipinski definition) is 1.